The maximum Gasteiger partial charge on any atom is 0.262 e. The summed E-state index contributed by atoms with van der Waals surface area (Å²) in [5.41, 5.74) is 3.25. The van der Waals surface area contributed by atoms with Gasteiger partial charge in [-0.15, -0.1) is 0 Å². The van der Waals surface area contributed by atoms with Crippen LogP contribution >= 0.6 is 0 Å². The van der Waals surface area contributed by atoms with Gasteiger partial charge in [-0.3, -0.25) is 4.79 Å². The van der Waals surface area contributed by atoms with E-state index in [9.17, 15) is 14.3 Å². The number of aromatic hydroxyl groups is 1. The number of phenols is 1. The number of ether oxygens (including phenoxy) is 1. The van der Waals surface area contributed by atoms with E-state index in [0.717, 1.165) is 0 Å². The Morgan fingerprint density at radius 1 is 1.33 bits per heavy atom. The van der Waals surface area contributed by atoms with Crippen molar-refractivity contribution in [1.82, 2.24) is 5.43 Å². The van der Waals surface area contributed by atoms with Crippen molar-refractivity contribution >= 4 is 17.8 Å². The molecule has 3 N–H and O–H groups in total. The average Bonchev–Trinajstić information content (AvgIpc) is 2.56. The van der Waals surface area contributed by atoms with Crippen LogP contribution in [0.15, 0.2) is 47.6 Å². The third-order valence-corrected chi connectivity index (χ3v) is 3.21. The maximum atomic E-state index is 13.1. The van der Waals surface area contributed by atoms with Gasteiger partial charge in [0.15, 0.2) is 0 Å². The van der Waals surface area contributed by atoms with Crippen LogP contribution in [0.2, 0.25) is 0 Å². The topological polar surface area (TPSA) is 83.0 Å². The largest absolute Gasteiger partial charge is 0.507 e. The Morgan fingerprint density at radius 3 is 2.83 bits per heavy atom. The van der Waals surface area contributed by atoms with Crippen LogP contribution < -0.4 is 15.5 Å². The number of nitrogens with one attached hydrogen (secondary N) is 2. The summed E-state index contributed by atoms with van der Waals surface area (Å²) in [6.45, 7) is 1.62. The molecule has 0 aliphatic heterocycles. The van der Waals surface area contributed by atoms with Gasteiger partial charge in [0.2, 0.25) is 0 Å². The van der Waals surface area contributed by atoms with Crippen molar-refractivity contribution < 1.29 is 19.0 Å². The highest BCUT2D eigenvalue weighted by molar-refractivity contribution is 5.88. The molecule has 126 valence electrons. The standard InChI is InChI=1S/C17H18FN3O3/c1-11(20-14-5-3-4-13(18)9-14)17(23)21-19-10-12-8-15(24-2)6-7-16(12)22/h3-11,20,22H,1-2H3,(H,21,23). The molecule has 0 fully saturated rings. The summed E-state index contributed by atoms with van der Waals surface area (Å²) < 4.78 is 18.2. The summed E-state index contributed by atoms with van der Waals surface area (Å²) in [5.74, 6) is -0.224. The number of carbonyl (C=O) groups excluding carboxylic acids is 1. The van der Waals surface area contributed by atoms with E-state index in [1.54, 1.807) is 31.2 Å². The molecule has 0 saturated heterocycles. The molecule has 0 bridgehead atoms. The molecule has 1 atom stereocenters. The number of benzene rings is 2. The van der Waals surface area contributed by atoms with Crippen LogP contribution in [-0.2, 0) is 4.79 Å². The molecular formula is C17H18FN3O3. The summed E-state index contributed by atoms with van der Waals surface area (Å²) in [6, 6.07) is 9.85. The van der Waals surface area contributed by atoms with E-state index in [2.05, 4.69) is 15.8 Å². The van der Waals surface area contributed by atoms with Crippen molar-refractivity contribution in [2.45, 2.75) is 13.0 Å². The van der Waals surface area contributed by atoms with Crippen LogP contribution in [0.5, 0.6) is 11.5 Å². The second-order valence-corrected chi connectivity index (χ2v) is 5.04. The van der Waals surface area contributed by atoms with E-state index < -0.39 is 11.9 Å². The van der Waals surface area contributed by atoms with Gasteiger partial charge in [0.05, 0.1) is 13.3 Å². The summed E-state index contributed by atoms with van der Waals surface area (Å²) in [4.78, 5) is 12.0. The Labute approximate surface area is 139 Å². The monoisotopic (exact) mass is 331 g/mol. The number of halogens is 1. The lowest BCUT2D eigenvalue weighted by Crippen LogP contribution is -2.34. The number of hydrogen-bond donors (Lipinski definition) is 3. The fourth-order valence-corrected chi connectivity index (χ4v) is 1.92. The highest BCUT2D eigenvalue weighted by atomic mass is 19.1. The number of anilines is 1. The molecule has 2 aromatic rings. The average molecular weight is 331 g/mol. The van der Waals surface area contributed by atoms with E-state index in [1.807, 2.05) is 0 Å². The zero-order valence-electron chi connectivity index (χ0n) is 13.3. The van der Waals surface area contributed by atoms with Crippen LogP contribution in [0, 0.1) is 5.82 Å². The predicted octanol–water partition coefficient (Wildman–Crippen LogP) is 2.49. The van der Waals surface area contributed by atoms with Crippen LogP contribution in [0.4, 0.5) is 10.1 Å². The van der Waals surface area contributed by atoms with Crippen molar-refractivity contribution in [2.24, 2.45) is 5.10 Å². The van der Waals surface area contributed by atoms with Gasteiger partial charge in [-0.2, -0.15) is 5.10 Å². The van der Waals surface area contributed by atoms with Gasteiger partial charge in [0.1, 0.15) is 23.4 Å². The molecule has 24 heavy (non-hydrogen) atoms. The minimum absolute atomic E-state index is 0.0136. The molecule has 6 nitrogen and oxygen atoms in total. The number of methoxy groups -OCH3 is 1. The summed E-state index contributed by atoms with van der Waals surface area (Å²) in [7, 11) is 1.51. The minimum Gasteiger partial charge on any atom is -0.507 e. The first-order valence-electron chi connectivity index (χ1n) is 7.21. The molecule has 2 rings (SSSR count). The van der Waals surface area contributed by atoms with E-state index >= 15 is 0 Å². The fraction of sp³-hybridized carbons (Fsp3) is 0.176. The van der Waals surface area contributed by atoms with Crippen molar-refractivity contribution in [3.8, 4) is 11.5 Å². The number of hydrogen-bond acceptors (Lipinski definition) is 5. The third kappa shape index (κ3) is 4.70. The van der Waals surface area contributed by atoms with Crippen LogP contribution in [0.3, 0.4) is 0 Å². The Kier molecular flexibility index (Phi) is 5.73. The number of carbonyl (C=O) groups is 1. The number of rotatable bonds is 6. The Hall–Kier alpha value is -3.09. The molecule has 2 aromatic carbocycles. The molecule has 0 aromatic heterocycles. The number of hydrazone groups is 1. The second-order valence-electron chi connectivity index (χ2n) is 5.04. The molecular weight excluding hydrogens is 313 g/mol. The van der Waals surface area contributed by atoms with Gasteiger partial charge in [0, 0.05) is 11.3 Å². The van der Waals surface area contributed by atoms with Crippen molar-refractivity contribution in [3.63, 3.8) is 0 Å². The zero-order valence-corrected chi connectivity index (χ0v) is 13.3. The molecule has 0 aliphatic carbocycles. The minimum atomic E-state index is -0.622. The summed E-state index contributed by atoms with van der Waals surface area (Å²) in [6.07, 6.45) is 1.31. The SMILES string of the molecule is COc1ccc(O)c(C=NNC(=O)C(C)Nc2cccc(F)c2)c1. The van der Waals surface area contributed by atoms with Crippen LogP contribution in [0.1, 0.15) is 12.5 Å². The molecule has 0 spiro atoms. The fourth-order valence-electron chi connectivity index (χ4n) is 1.92. The lowest BCUT2D eigenvalue weighted by atomic mass is 10.2. The molecule has 7 heteroatoms. The molecule has 1 unspecified atom stereocenters. The normalized spacial score (nSPS) is 12.0. The second kappa shape index (κ2) is 7.96. The number of nitrogens with zero attached hydrogens (tertiary/aromatic N) is 1. The van der Waals surface area contributed by atoms with E-state index in [4.69, 9.17) is 4.74 Å². The first-order valence-corrected chi connectivity index (χ1v) is 7.21. The quantitative estimate of drug-likeness (QED) is 0.561. The maximum absolute atomic E-state index is 13.1. The molecule has 1 amide bonds. The van der Waals surface area contributed by atoms with Crippen molar-refractivity contribution in [2.75, 3.05) is 12.4 Å². The molecule has 0 heterocycles. The Balaban J connectivity index is 1.94. The molecule has 0 saturated carbocycles. The summed E-state index contributed by atoms with van der Waals surface area (Å²) in [5, 5.41) is 16.4. The van der Waals surface area contributed by atoms with Gasteiger partial charge >= 0.3 is 0 Å². The summed E-state index contributed by atoms with van der Waals surface area (Å²) >= 11 is 0. The predicted molar refractivity (Wildman–Crippen MR) is 89.9 cm³/mol. The molecule has 0 aliphatic rings. The van der Waals surface area contributed by atoms with E-state index in [0.29, 0.717) is 17.0 Å². The van der Waals surface area contributed by atoms with Gasteiger partial charge in [-0.25, -0.2) is 9.82 Å². The zero-order chi connectivity index (χ0) is 17.5. The lowest BCUT2D eigenvalue weighted by Gasteiger charge is -2.13. The first kappa shape index (κ1) is 17.3. The number of phenolic OH excluding ortho intramolecular Hbond substituents is 1. The highest BCUT2D eigenvalue weighted by Crippen LogP contribution is 2.20. The van der Waals surface area contributed by atoms with Crippen molar-refractivity contribution in [1.29, 1.82) is 0 Å². The lowest BCUT2D eigenvalue weighted by molar-refractivity contribution is -0.121. The third-order valence-electron chi connectivity index (χ3n) is 3.21. The van der Waals surface area contributed by atoms with Gasteiger partial charge in [0.25, 0.3) is 5.91 Å². The highest BCUT2D eigenvalue weighted by Gasteiger charge is 2.12. The van der Waals surface area contributed by atoms with Gasteiger partial charge < -0.3 is 15.2 Å². The number of amides is 1. The molecule has 0 radical (unpaired) electrons. The Bertz CT molecular complexity index is 750. The van der Waals surface area contributed by atoms with Crippen LogP contribution in [-0.4, -0.2) is 30.4 Å². The van der Waals surface area contributed by atoms with Crippen molar-refractivity contribution in [3.05, 3.63) is 53.8 Å². The Morgan fingerprint density at radius 2 is 2.12 bits per heavy atom. The van der Waals surface area contributed by atoms with Crippen LogP contribution in [0.25, 0.3) is 0 Å². The van der Waals surface area contributed by atoms with Gasteiger partial charge in [-0.05, 0) is 43.3 Å². The smallest absolute Gasteiger partial charge is 0.262 e. The first-order chi connectivity index (χ1) is 11.5. The van der Waals surface area contributed by atoms with E-state index in [-0.39, 0.29) is 11.6 Å². The van der Waals surface area contributed by atoms with E-state index in [1.165, 1.54) is 31.5 Å². The van der Waals surface area contributed by atoms with Gasteiger partial charge in [-0.1, -0.05) is 6.07 Å².